The summed E-state index contributed by atoms with van der Waals surface area (Å²) < 4.78 is 16.3. The predicted molar refractivity (Wildman–Crippen MR) is 80.0 cm³/mol. The quantitative estimate of drug-likeness (QED) is 0.880. The van der Waals surface area contributed by atoms with E-state index in [1.54, 1.807) is 36.4 Å². The highest BCUT2D eigenvalue weighted by Crippen LogP contribution is 2.37. The number of thiocarbonyl (C=S) groups is 1. The topological polar surface area (TPSA) is 53.7 Å². The minimum atomic E-state index is 0.186. The van der Waals surface area contributed by atoms with Gasteiger partial charge in [-0.1, -0.05) is 29.9 Å². The highest BCUT2D eigenvalue weighted by molar-refractivity contribution is 7.80. The minimum Gasteiger partial charge on any atom is -0.456 e. The lowest BCUT2D eigenvalue weighted by Gasteiger charge is -2.11. The van der Waals surface area contributed by atoms with Crippen LogP contribution < -0.4 is 19.9 Å². The van der Waals surface area contributed by atoms with Gasteiger partial charge < -0.3 is 19.9 Å². The van der Waals surface area contributed by atoms with E-state index in [1.165, 1.54) is 0 Å². The van der Waals surface area contributed by atoms with Crippen LogP contribution in [0.25, 0.3) is 0 Å². The molecule has 4 nitrogen and oxygen atoms in total. The zero-order chi connectivity index (χ0) is 14.1. The van der Waals surface area contributed by atoms with Crippen LogP contribution in [0.15, 0.2) is 36.4 Å². The maximum Gasteiger partial charge on any atom is 0.231 e. The molecule has 2 aromatic rings. The van der Waals surface area contributed by atoms with Gasteiger partial charge in [0.2, 0.25) is 6.79 Å². The van der Waals surface area contributed by atoms with Gasteiger partial charge in [-0.05, 0) is 24.3 Å². The second-order valence-electron chi connectivity index (χ2n) is 4.09. The SMILES string of the molecule is NC(=S)c1c(Cl)cccc1Oc1ccc2c(c1)OCO2. The van der Waals surface area contributed by atoms with Crippen molar-refractivity contribution in [2.45, 2.75) is 0 Å². The van der Waals surface area contributed by atoms with Gasteiger partial charge in [-0.15, -0.1) is 0 Å². The number of hydrogen-bond acceptors (Lipinski definition) is 4. The summed E-state index contributed by atoms with van der Waals surface area (Å²) in [6.45, 7) is 0.216. The third-order valence-corrected chi connectivity index (χ3v) is 3.31. The average Bonchev–Trinajstić information content (AvgIpc) is 2.85. The lowest BCUT2D eigenvalue weighted by molar-refractivity contribution is 0.174. The van der Waals surface area contributed by atoms with Crippen molar-refractivity contribution in [3.63, 3.8) is 0 Å². The van der Waals surface area contributed by atoms with E-state index in [0.717, 1.165) is 0 Å². The molecule has 2 N–H and O–H groups in total. The number of ether oxygens (including phenoxy) is 3. The summed E-state index contributed by atoms with van der Waals surface area (Å²) in [6, 6.07) is 10.5. The fourth-order valence-electron chi connectivity index (χ4n) is 1.90. The third-order valence-electron chi connectivity index (χ3n) is 2.79. The molecule has 0 spiro atoms. The Bertz CT molecular complexity index is 690. The fourth-order valence-corrected chi connectivity index (χ4v) is 2.43. The lowest BCUT2D eigenvalue weighted by Crippen LogP contribution is -2.11. The molecule has 1 aliphatic heterocycles. The predicted octanol–water partition coefficient (Wildman–Crippen LogP) is 3.50. The van der Waals surface area contributed by atoms with Gasteiger partial charge in [-0.25, -0.2) is 0 Å². The average molecular weight is 308 g/mol. The van der Waals surface area contributed by atoms with Gasteiger partial charge in [-0.2, -0.15) is 0 Å². The van der Waals surface area contributed by atoms with Crippen LogP contribution in [-0.4, -0.2) is 11.8 Å². The molecule has 6 heteroatoms. The highest BCUT2D eigenvalue weighted by atomic mass is 35.5. The van der Waals surface area contributed by atoms with E-state index < -0.39 is 0 Å². The summed E-state index contributed by atoms with van der Waals surface area (Å²) in [7, 11) is 0. The molecule has 3 rings (SSSR count). The van der Waals surface area contributed by atoms with Crippen LogP contribution in [0.2, 0.25) is 5.02 Å². The van der Waals surface area contributed by atoms with Crippen molar-refractivity contribution < 1.29 is 14.2 Å². The molecular weight excluding hydrogens is 298 g/mol. The number of fused-ring (bicyclic) bond motifs is 1. The third kappa shape index (κ3) is 2.37. The molecule has 0 amide bonds. The van der Waals surface area contributed by atoms with Gasteiger partial charge in [-0.3, -0.25) is 0 Å². The Kier molecular flexibility index (Phi) is 3.38. The molecule has 1 heterocycles. The summed E-state index contributed by atoms with van der Waals surface area (Å²) in [5, 5.41) is 0.454. The molecule has 0 aliphatic carbocycles. The zero-order valence-electron chi connectivity index (χ0n) is 10.3. The van der Waals surface area contributed by atoms with E-state index in [9.17, 15) is 0 Å². The first kappa shape index (κ1) is 13.0. The smallest absolute Gasteiger partial charge is 0.231 e. The van der Waals surface area contributed by atoms with Crippen molar-refractivity contribution in [3.05, 3.63) is 47.0 Å². The van der Waals surface area contributed by atoms with Crippen molar-refractivity contribution in [2.24, 2.45) is 5.73 Å². The highest BCUT2D eigenvalue weighted by Gasteiger charge is 2.16. The molecule has 0 unspecified atom stereocenters. The van der Waals surface area contributed by atoms with Gasteiger partial charge in [0.25, 0.3) is 0 Å². The number of nitrogens with two attached hydrogens (primary N) is 1. The van der Waals surface area contributed by atoms with E-state index in [4.69, 9.17) is 43.8 Å². The largest absolute Gasteiger partial charge is 0.456 e. The Morgan fingerprint density at radius 1 is 1.20 bits per heavy atom. The molecule has 0 saturated heterocycles. The number of rotatable bonds is 3. The van der Waals surface area contributed by atoms with Crippen LogP contribution in [0, 0.1) is 0 Å². The summed E-state index contributed by atoms with van der Waals surface area (Å²) in [5.41, 5.74) is 6.20. The second kappa shape index (κ2) is 5.19. The molecular formula is C14H10ClNO3S. The number of halogens is 1. The van der Waals surface area contributed by atoms with E-state index >= 15 is 0 Å². The van der Waals surface area contributed by atoms with Crippen LogP contribution >= 0.6 is 23.8 Å². The van der Waals surface area contributed by atoms with Crippen molar-refractivity contribution in [1.29, 1.82) is 0 Å². The van der Waals surface area contributed by atoms with Crippen LogP contribution in [0.4, 0.5) is 0 Å². The Morgan fingerprint density at radius 3 is 2.80 bits per heavy atom. The molecule has 0 saturated carbocycles. The molecule has 102 valence electrons. The summed E-state index contributed by atoms with van der Waals surface area (Å²) in [5.74, 6) is 2.43. The standard InChI is InChI=1S/C14H10ClNO3S/c15-9-2-1-3-11(13(9)14(16)20)19-8-4-5-10-12(6-8)18-7-17-10/h1-6H,7H2,(H2,16,20). The Balaban J connectivity index is 1.95. The van der Waals surface area contributed by atoms with Gasteiger partial charge in [0.1, 0.15) is 16.5 Å². The summed E-state index contributed by atoms with van der Waals surface area (Å²) in [6.07, 6.45) is 0. The molecule has 0 atom stereocenters. The van der Waals surface area contributed by atoms with Crippen LogP contribution in [-0.2, 0) is 0 Å². The maximum absolute atomic E-state index is 6.09. The van der Waals surface area contributed by atoms with Crippen molar-refractivity contribution in [1.82, 2.24) is 0 Å². The van der Waals surface area contributed by atoms with Gasteiger partial charge in [0.05, 0.1) is 10.6 Å². The Hall–Kier alpha value is -1.98. The van der Waals surface area contributed by atoms with E-state index in [-0.39, 0.29) is 11.8 Å². The Morgan fingerprint density at radius 2 is 2.00 bits per heavy atom. The molecule has 0 bridgehead atoms. The van der Waals surface area contributed by atoms with Gasteiger partial charge in [0, 0.05) is 6.07 Å². The summed E-state index contributed by atoms with van der Waals surface area (Å²) in [4.78, 5) is 0.186. The lowest BCUT2D eigenvalue weighted by atomic mass is 10.2. The van der Waals surface area contributed by atoms with Gasteiger partial charge in [0.15, 0.2) is 11.5 Å². The first-order valence-corrected chi connectivity index (χ1v) is 6.59. The van der Waals surface area contributed by atoms with Crippen molar-refractivity contribution in [3.8, 4) is 23.0 Å². The normalized spacial score (nSPS) is 12.2. The summed E-state index contributed by atoms with van der Waals surface area (Å²) >= 11 is 11.1. The monoisotopic (exact) mass is 307 g/mol. The second-order valence-corrected chi connectivity index (χ2v) is 4.94. The number of benzene rings is 2. The Labute approximate surface area is 126 Å². The molecule has 0 radical (unpaired) electrons. The van der Waals surface area contributed by atoms with Crippen molar-refractivity contribution >= 4 is 28.8 Å². The fraction of sp³-hybridized carbons (Fsp3) is 0.0714. The molecule has 0 aromatic heterocycles. The van der Waals surface area contributed by atoms with E-state index in [1.807, 2.05) is 0 Å². The first-order chi connectivity index (χ1) is 9.65. The molecule has 0 fully saturated rings. The van der Waals surface area contributed by atoms with E-state index in [2.05, 4.69) is 0 Å². The van der Waals surface area contributed by atoms with Gasteiger partial charge >= 0.3 is 0 Å². The number of hydrogen-bond donors (Lipinski definition) is 1. The van der Waals surface area contributed by atoms with Crippen molar-refractivity contribution in [2.75, 3.05) is 6.79 Å². The first-order valence-electron chi connectivity index (χ1n) is 5.81. The van der Waals surface area contributed by atoms with E-state index in [0.29, 0.717) is 33.6 Å². The zero-order valence-corrected chi connectivity index (χ0v) is 11.8. The molecule has 20 heavy (non-hydrogen) atoms. The van der Waals surface area contributed by atoms with Crippen LogP contribution in [0.5, 0.6) is 23.0 Å². The van der Waals surface area contributed by atoms with Crippen LogP contribution in [0.3, 0.4) is 0 Å². The molecule has 2 aromatic carbocycles. The van der Waals surface area contributed by atoms with Crippen LogP contribution in [0.1, 0.15) is 5.56 Å². The minimum absolute atomic E-state index is 0.186. The molecule has 1 aliphatic rings. The maximum atomic E-state index is 6.09.